The summed E-state index contributed by atoms with van der Waals surface area (Å²) < 4.78 is 22.8. The topological polar surface area (TPSA) is 78.4 Å². The van der Waals surface area contributed by atoms with Gasteiger partial charge in [-0.3, -0.25) is 4.79 Å². The molecule has 1 amide bonds. The van der Waals surface area contributed by atoms with E-state index in [0.717, 1.165) is 14.7 Å². The molecule has 0 bridgehead atoms. The van der Waals surface area contributed by atoms with Gasteiger partial charge in [0.15, 0.2) is 23.0 Å². The fourth-order valence-corrected chi connectivity index (χ4v) is 3.87. The van der Waals surface area contributed by atoms with Crippen LogP contribution in [0.1, 0.15) is 21.5 Å². The first-order chi connectivity index (χ1) is 15.5. The smallest absolute Gasteiger partial charge is 0.271 e. The van der Waals surface area contributed by atoms with E-state index < -0.39 is 0 Å². The molecule has 3 aromatic rings. The van der Waals surface area contributed by atoms with Crippen LogP contribution >= 0.6 is 34.2 Å². The second-order valence-corrected chi connectivity index (χ2v) is 8.32. The number of nitrogens with one attached hydrogen (secondary N) is 1. The van der Waals surface area contributed by atoms with E-state index in [9.17, 15) is 4.79 Å². The van der Waals surface area contributed by atoms with Gasteiger partial charge in [0.2, 0.25) is 6.79 Å². The van der Waals surface area contributed by atoms with Crippen molar-refractivity contribution >= 4 is 46.3 Å². The number of carbonyl (C=O) groups excluding carboxylic acids is 1. The predicted octanol–water partition coefficient (Wildman–Crippen LogP) is 5.02. The molecule has 0 saturated carbocycles. The van der Waals surface area contributed by atoms with Gasteiger partial charge in [-0.25, -0.2) is 5.43 Å². The van der Waals surface area contributed by atoms with Crippen LogP contribution in [-0.4, -0.2) is 26.0 Å². The van der Waals surface area contributed by atoms with E-state index in [1.165, 1.54) is 0 Å². The van der Waals surface area contributed by atoms with Gasteiger partial charge >= 0.3 is 0 Å². The minimum absolute atomic E-state index is 0.151. The summed E-state index contributed by atoms with van der Waals surface area (Å²) in [5, 5.41) is 4.73. The lowest BCUT2D eigenvalue weighted by Crippen LogP contribution is -2.17. The molecular formula is C23H18ClIN2O5. The number of amides is 1. The summed E-state index contributed by atoms with van der Waals surface area (Å²) in [5.74, 6) is 1.99. The van der Waals surface area contributed by atoms with E-state index >= 15 is 0 Å². The van der Waals surface area contributed by atoms with E-state index in [4.69, 9.17) is 30.5 Å². The van der Waals surface area contributed by atoms with Crippen LogP contribution < -0.4 is 24.4 Å². The van der Waals surface area contributed by atoms with Crippen LogP contribution in [0.5, 0.6) is 23.0 Å². The minimum atomic E-state index is -0.357. The molecule has 1 aliphatic rings. The first kappa shape index (κ1) is 22.2. The standard InChI is InChI=1S/C23H18ClIN2O5/c1-29-21-9-15(8-18(25)22(21)30-12-14-2-5-17(24)6-3-14)11-26-27-23(28)16-4-7-19-20(10-16)32-13-31-19/h2-11H,12-13H2,1H3,(H,27,28). The quantitative estimate of drug-likeness (QED) is 0.248. The highest BCUT2D eigenvalue weighted by Gasteiger charge is 2.16. The van der Waals surface area contributed by atoms with E-state index in [0.29, 0.717) is 40.2 Å². The Bertz CT molecular complexity index is 1170. The van der Waals surface area contributed by atoms with Crippen molar-refractivity contribution in [1.82, 2.24) is 5.43 Å². The van der Waals surface area contributed by atoms with Crippen molar-refractivity contribution in [2.45, 2.75) is 6.61 Å². The van der Waals surface area contributed by atoms with Crippen molar-refractivity contribution in [3.8, 4) is 23.0 Å². The summed E-state index contributed by atoms with van der Waals surface area (Å²) in [7, 11) is 1.57. The molecule has 0 aliphatic carbocycles. The van der Waals surface area contributed by atoms with Crippen LogP contribution in [0.3, 0.4) is 0 Å². The largest absolute Gasteiger partial charge is 0.493 e. The molecule has 0 unspecified atom stereocenters. The number of hydrogen-bond donors (Lipinski definition) is 1. The molecular weight excluding hydrogens is 547 g/mol. The molecule has 0 saturated heterocycles. The third kappa shape index (κ3) is 5.25. The summed E-state index contributed by atoms with van der Waals surface area (Å²) in [5.41, 5.74) is 4.67. The lowest BCUT2D eigenvalue weighted by molar-refractivity contribution is 0.0954. The third-order valence-corrected chi connectivity index (χ3v) is 5.62. The Morgan fingerprint density at radius 3 is 2.72 bits per heavy atom. The van der Waals surface area contributed by atoms with Crippen molar-refractivity contribution < 1.29 is 23.7 Å². The molecule has 164 valence electrons. The van der Waals surface area contributed by atoms with Crippen molar-refractivity contribution in [2.75, 3.05) is 13.9 Å². The van der Waals surface area contributed by atoms with Gasteiger partial charge in [-0.1, -0.05) is 23.7 Å². The normalized spacial score (nSPS) is 12.1. The zero-order valence-corrected chi connectivity index (χ0v) is 19.8. The van der Waals surface area contributed by atoms with Crippen molar-refractivity contribution in [3.05, 3.63) is 79.9 Å². The molecule has 0 atom stereocenters. The molecule has 1 aliphatic heterocycles. The van der Waals surface area contributed by atoms with Gasteiger partial charge in [0, 0.05) is 10.6 Å². The molecule has 32 heavy (non-hydrogen) atoms. The maximum atomic E-state index is 12.3. The van der Waals surface area contributed by atoms with Crippen LogP contribution in [0, 0.1) is 3.57 Å². The van der Waals surface area contributed by atoms with Crippen molar-refractivity contribution in [2.24, 2.45) is 5.10 Å². The summed E-state index contributed by atoms with van der Waals surface area (Å²) in [4.78, 5) is 12.3. The van der Waals surface area contributed by atoms with E-state index in [-0.39, 0.29) is 12.7 Å². The molecule has 3 aromatic carbocycles. The number of methoxy groups -OCH3 is 1. The zero-order valence-electron chi connectivity index (χ0n) is 16.9. The molecule has 7 nitrogen and oxygen atoms in total. The average Bonchev–Trinajstić information content (AvgIpc) is 3.27. The fraction of sp³-hybridized carbons (Fsp3) is 0.130. The molecule has 0 radical (unpaired) electrons. The van der Waals surface area contributed by atoms with Crippen LogP contribution in [0.2, 0.25) is 5.02 Å². The Labute approximate surface area is 203 Å². The van der Waals surface area contributed by atoms with Crippen molar-refractivity contribution in [3.63, 3.8) is 0 Å². The van der Waals surface area contributed by atoms with Gasteiger partial charge < -0.3 is 18.9 Å². The monoisotopic (exact) mass is 564 g/mol. The minimum Gasteiger partial charge on any atom is -0.493 e. The average molecular weight is 565 g/mol. The number of nitrogens with zero attached hydrogens (tertiary/aromatic N) is 1. The summed E-state index contributed by atoms with van der Waals surface area (Å²) in [6.45, 7) is 0.529. The number of ether oxygens (including phenoxy) is 4. The Hall–Kier alpha value is -2.98. The molecule has 0 spiro atoms. The third-order valence-electron chi connectivity index (χ3n) is 4.56. The van der Waals surface area contributed by atoms with E-state index in [2.05, 4.69) is 33.1 Å². The van der Waals surface area contributed by atoms with E-state index in [1.54, 1.807) is 37.6 Å². The number of hydrogen-bond acceptors (Lipinski definition) is 6. The number of rotatable bonds is 7. The van der Waals surface area contributed by atoms with Crippen LogP contribution in [0.4, 0.5) is 0 Å². The number of hydrazone groups is 1. The van der Waals surface area contributed by atoms with Crippen LogP contribution in [0.15, 0.2) is 59.7 Å². The molecule has 0 fully saturated rings. The molecule has 0 aromatic heterocycles. The first-order valence-corrected chi connectivity index (χ1v) is 11.0. The van der Waals surface area contributed by atoms with Crippen molar-refractivity contribution in [1.29, 1.82) is 0 Å². The summed E-state index contributed by atoms with van der Waals surface area (Å²) in [6, 6.07) is 16.1. The van der Waals surface area contributed by atoms with Crippen LogP contribution in [0.25, 0.3) is 0 Å². The number of benzene rings is 3. The summed E-state index contributed by atoms with van der Waals surface area (Å²) in [6.07, 6.45) is 1.54. The van der Waals surface area contributed by atoms with Gasteiger partial charge in [-0.05, 0) is 76.2 Å². The SMILES string of the molecule is COc1cc(C=NNC(=O)c2ccc3c(c2)OCO3)cc(I)c1OCc1ccc(Cl)cc1. The zero-order chi connectivity index (χ0) is 22.5. The first-order valence-electron chi connectivity index (χ1n) is 9.51. The van der Waals surface area contributed by atoms with Gasteiger partial charge in [0.25, 0.3) is 5.91 Å². The second-order valence-electron chi connectivity index (χ2n) is 6.72. The predicted molar refractivity (Wildman–Crippen MR) is 129 cm³/mol. The molecule has 1 N–H and O–H groups in total. The van der Waals surface area contributed by atoms with Gasteiger partial charge in [-0.2, -0.15) is 5.10 Å². The van der Waals surface area contributed by atoms with Crippen LogP contribution in [-0.2, 0) is 6.61 Å². The van der Waals surface area contributed by atoms with Gasteiger partial charge in [-0.15, -0.1) is 0 Å². The summed E-state index contributed by atoms with van der Waals surface area (Å²) >= 11 is 8.10. The highest BCUT2D eigenvalue weighted by Crippen LogP contribution is 2.34. The number of halogens is 2. The maximum Gasteiger partial charge on any atom is 0.271 e. The molecule has 9 heteroatoms. The lowest BCUT2D eigenvalue weighted by atomic mass is 10.2. The second kappa shape index (κ2) is 10.1. The maximum absolute atomic E-state index is 12.3. The lowest BCUT2D eigenvalue weighted by Gasteiger charge is -2.13. The van der Waals surface area contributed by atoms with E-state index in [1.807, 2.05) is 30.3 Å². The molecule has 4 rings (SSSR count). The number of fused-ring (bicyclic) bond motifs is 1. The van der Waals surface area contributed by atoms with Gasteiger partial charge in [0.1, 0.15) is 6.61 Å². The Morgan fingerprint density at radius 2 is 1.94 bits per heavy atom. The fourth-order valence-electron chi connectivity index (χ4n) is 2.96. The highest BCUT2D eigenvalue weighted by molar-refractivity contribution is 14.1. The Kier molecular flexibility index (Phi) is 7.01. The number of carbonyl (C=O) groups is 1. The Balaban J connectivity index is 1.42. The highest BCUT2D eigenvalue weighted by atomic mass is 127. The Morgan fingerprint density at radius 1 is 1.16 bits per heavy atom. The van der Waals surface area contributed by atoms with Gasteiger partial charge in [0.05, 0.1) is 16.9 Å². The molecule has 1 heterocycles.